The summed E-state index contributed by atoms with van der Waals surface area (Å²) < 4.78 is 25.7. The third-order valence-corrected chi connectivity index (χ3v) is 3.88. The number of amides is 1. The fourth-order valence-corrected chi connectivity index (χ4v) is 2.90. The van der Waals surface area contributed by atoms with Gasteiger partial charge in [0.25, 0.3) is 0 Å². The molecule has 0 heterocycles. The van der Waals surface area contributed by atoms with Gasteiger partial charge in [0.05, 0.1) is 17.1 Å². The van der Waals surface area contributed by atoms with E-state index in [1.165, 1.54) is 18.2 Å². The van der Waals surface area contributed by atoms with Gasteiger partial charge in [0.2, 0.25) is 5.91 Å². The average molecular weight is 312 g/mol. The molecule has 1 aromatic rings. The lowest BCUT2D eigenvalue weighted by molar-refractivity contribution is -0.140. The molecule has 2 atom stereocenters. The van der Waals surface area contributed by atoms with E-state index in [4.69, 9.17) is 10.4 Å². The van der Waals surface area contributed by atoms with Crippen molar-refractivity contribution in [2.45, 2.75) is 18.7 Å². The zero-order valence-corrected chi connectivity index (χ0v) is 11.9. The molecule has 0 aromatic heterocycles. The highest BCUT2D eigenvalue weighted by Crippen LogP contribution is 2.14. The Kier molecular flexibility index (Phi) is 5.99. The van der Waals surface area contributed by atoms with Crippen LogP contribution >= 0.6 is 0 Å². The van der Waals surface area contributed by atoms with Crippen LogP contribution < -0.4 is 5.32 Å². The second-order valence-corrected chi connectivity index (χ2v) is 5.73. The first kappa shape index (κ1) is 16.8. The summed E-state index contributed by atoms with van der Waals surface area (Å²) in [6, 6.07) is 4.49. The molecule has 0 bridgehead atoms. The van der Waals surface area contributed by atoms with Gasteiger partial charge in [-0.25, -0.2) is 9.18 Å². The number of carbonyl (C=O) groups is 2. The quantitative estimate of drug-likeness (QED) is 0.797. The van der Waals surface area contributed by atoms with Crippen LogP contribution in [0.5, 0.6) is 0 Å². The van der Waals surface area contributed by atoms with Crippen LogP contribution in [0, 0.1) is 17.1 Å². The first-order valence-corrected chi connectivity index (χ1v) is 7.36. The standard InChI is InChI=1S/C13H13FN2O4S/c1-8(17)16-11(13(18)19)7-21(20)6-10-4-2-3-9(5-15)12(10)14/h2-4,11H,6-7H2,1H3,(H,16,17)(H,18,19)/t11-,21?/m0/s1. The average Bonchev–Trinajstić information content (AvgIpc) is 2.39. The summed E-state index contributed by atoms with van der Waals surface area (Å²) in [6.07, 6.45) is 0. The van der Waals surface area contributed by atoms with E-state index in [1.54, 1.807) is 6.07 Å². The molecule has 0 radical (unpaired) electrons. The summed E-state index contributed by atoms with van der Waals surface area (Å²) in [6.45, 7) is 1.15. The van der Waals surface area contributed by atoms with Crippen LogP contribution in [0.2, 0.25) is 0 Å². The lowest BCUT2D eigenvalue weighted by atomic mass is 10.1. The summed E-state index contributed by atoms with van der Waals surface area (Å²) in [4.78, 5) is 21.8. The zero-order chi connectivity index (χ0) is 16.0. The maximum Gasteiger partial charge on any atom is 0.327 e. The lowest BCUT2D eigenvalue weighted by Gasteiger charge is -2.13. The Hall–Kier alpha value is -2.27. The van der Waals surface area contributed by atoms with Crippen molar-refractivity contribution in [3.05, 3.63) is 35.1 Å². The summed E-state index contributed by atoms with van der Waals surface area (Å²) in [7, 11) is -1.70. The molecule has 2 N–H and O–H groups in total. The number of nitrogens with zero attached hydrogens (tertiary/aromatic N) is 1. The maximum atomic E-state index is 13.8. The van der Waals surface area contributed by atoms with Crippen LogP contribution in [0.1, 0.15) is 18.1 Å². The summed E-state index contributed by atoms with van der Waals surface area (Å²) in [5.41, 5.74) is -0.0968. The Morgan fingerprint density at radius 3 is 2.71 bits per heavy atom. The Labute approximate surface area is 123 Å². The van der Waals surface area contributed by atoms with Crippen LogP contribution in [0.15, 0.2) is 18.2 Å². The van der Waals surface area contributed by atoms with E-state index in [9.17, 15) is 18.2 Å². The number of rotatable bonds is 6. The van der Waals surface area contributed by atoms with Gasteiger partial charge in [-0.3, -0.25) is 9.00 Å². The Balaban J connectivity index is 2.80. The molecule has 21 heavy (non-hydrogen) atoms. The smallest absolute Gasteiger partial charge is 0.327 e. The molecule has 0 fully saturated rings. The molecule has 8 heteroatoms. The van der Waals surface area contributed by atoms with E-state index in [1.807, 2.05) is 0 Å². The molecule has 1 rings (SSSR count). The number of benzene rings is 1. The maximum absolute atomic E-state index is 13.8. The van der Waals surface area contributed by atoms with Crippen LogP contribution in [-0.4, -0.2) is 33.0 Å². The van der Waals surface area contributed by atoms with E-state index in [0.29, 0.717) is 0 Å². The molecule has 0 aliphatic rings. The van der Waals surface area contributed by atoms with Crippen molar-refractivity contribution in [3.63, 3.8) is 0 Å². The van der Waals surface area contributed by atoms with Crippen molar-refractivity contribution in [2.75, 3.05) is 5.75 Å². The van der Waals surface area contributed by atoms with Gasteiger partial charge in [-0.05, 0) is 6.07 Å². The van der Waals surface area contributed by atoms with Gasteiger partial charge >= 0.3 is 5.97 Å². The van der Waals surface area contributed by atoms with E-state index < -0.39 is 34.5 Å². The van der Waals surface area contributed by atoms with Crippen LogP contribution in [0.25, 0.3) is 0 Å². The third-order valence-electron chi connectivity index (χ3n) is 2.54. The number of carboxylic acid groups (broad SMARTS) is 1. The zero-order valence-electron chi connectivity index (χ0n) is 11.1. The van der Waals surface area contributed by atoms with Gasteiger partial charge in [0.15, 0.2) is 0 Å². The molecule has 0 saturated heterocycles. The number of hydrogen-bond acceptors (Lipinski definition) is 4. The summed E-state index contributed by atoms with van der Waals surface area (Å²) >= 11 is 0. The molecular weight excluding hydrogens is 299 g/mol. The van der Waals surface area contributed by atoms with Crippen molar-refractivity contribution in [1.82, 2.24) is 5.32 Å². The number of carbonyl (C=O) groups excluding carboxylic acids is 1. The predicted octanol–water partition coefficient (Wildman–Crippen LogP) is 0.535. The molecule has 0 spiro atoms. The van der Waals surface area contributed by atoms with Crippen molar-refractivity contribution in [3.8, 4) is 6.07 Å². The lowest BCUT2D eigenvalue weighted by Crippen LogP contribution is -2.43. The molecule has 112 valence electrons. The second kappa shape index (κ2) is 7.50. The van der Waals surface area contributed by atoms with Gasteiger partial charge in [0.1, 0.15) is 17.9 Å². The molecule has 1 amide bonds. The second-order valence-electron chi connectivity index (χ2n) is 4.23. The molecule has 1 aromatic carbocycles. The first-order chi connectivity index (χ1) is 9.85. The monoisotopic (exact) mass is 312 g/mol. The fourth-order valence-electron chi connectivity index (χ4n) is 1.62. The molecular formula is C13H13FN2O4S. The minimum atomic E-state index is -1.70. The molecule has 0 aliphatic carbocycles. The van der Waals surface area contributed by atoms with Crippen molar-refractivity contribution >= 4 is 22.7 Å². The number of carboxylic acids is 1. The highest BCUT2D eigenvalue weighted by atomic mass is 32.2. The Morgan fingerprint density at radius 2 is 2.19 bits per heavy atom. The van der Waals surface area contributed by atoms with Crippen LogP contribution in [0.3, 0.4) is 0 Å². The normalized spacial score (nSPS) is 13.0. The first-order valence-electron chi connectivity index (χ1n) is 5.87. The Bertz CT molecular complexity index is 627. The van der Waals surface area contributed by atoms with Crippen LogP contribution in [0.4, 0.5) is 4.39 Å². The predicted molar refractivity (Wildman–Crippen MR) is 73.1 cm³/mol. The minimum absolute atomic E-state index is 0.0688. The van der Waals surface area contributed by atoms with Gasteiger partial charge in [0, 0.05) is 23.3 Å². The van der Waals surface area contributed by atoms with Gasteiger partial charge in [-0.2, -0.15) is 5.26 Å². The molecule has 6 nitrogen and oxygen atoms in total. The number of aliphatic carboxylic acids is 1. The van der Waals surface area contributed by atoms with Gasteiger partial charge in [-0.15, -0.1) is 0 Å². The summed E-state index contributed by atoms with van der Waals surface area (Å²) in [5.74, 6) is -3.21. The largest absolute Gasteiger partial charge is 0.480 e. The molecule has 0 saturated carbocycles. The van der Waals surface area contributed by atoms with E-state index in [0.717, 1.165) is 6.92 Å². The topological polar surface area (TPSA) is 107 Å². The van der Waals surface area contributed by atoms with E-state index in [-0.39, 0.29) is 22.6 Å². The SMILES string of the molecule is CC(=O)N[C@@H](CS(=O)Cc1cccc(C#N)c1F)C(=O)O. The van der Waals surface area contributed by atoms with Crippen molar-refractivity contribution in [1.29, 1.82) is 5.26 Å². The van der Waals surface area contributed by atoms with Crippen LogP contribution in [-0.2, 0) is 26.1 Å². The Morgan fingerprint density at radius 1 is 1.52 bits per heavy atom. The molecule has 0 aliphatic heterocycles. The fraction of sp³-hybridized carbons (Fsp3) is 0.308. The summed E-state index contributed by atoms with van der Waals surface area (Å²) in [5, 5.41) is 19.8. The van der Waals surface area contributed by atoms with E-state index >= 15 is 0 Å². The number of nitrogens with one attached hydrogen (secondary N) is 1. The molecule has 1 unspecified atom stereocenters. The number of nitriles is 1. The number of hydrogen-bond donors (Lipinski definition) is 2. The van der Waals surface area contributed by atoms with Gasteiger partial charge < -0.3 is 10.4 Å². The van der Waals surface area contributed by atoms with Crippen molar-refractivity contribution < 1.29 is 23.3 Å². The third kappa shape index (κ3) is 4.96. The minimum Gasteiger partial charge on any atom is -0.480 e. The van der Waals surface area contributed by atoms with E-state index in [2.05, 4.69) is 5.32 Å². The van der Waals surface area contributed by atoms with Gasteiger partial charge in [-0.1, -0.05) is 12.1 Å². The number of halogens is 1. The highest BCUT2D eigenvalue weighted by Gasteiger charge is 2.22. The van der Waals surface area contributed by atoms with Crippen molar-refractivity contribution in [2.24, 2.45) is 0 Å². The highest BCUT2D eigenvalue weighted by molar-refractivity contribution is 7.84.